The second kappa shape index (κ2) is 3.48. The standard InChI is InChI=1S/C13H24N4/c1-12(2,3)16-7-9-10(8-16)15-17(11(9)14)13(4,5)6/h7-8,14H2,1-6H3. The monoisotopic (exact) mass is 236 g/mol. The molecule has 0 fully saturated rings. The minimum absolute atomic E-state index is 0.0407. The van der Waals surface area contributed by atoms with Gasteiger partial charge in [-0.3, -0.25) is 4.90 Å². The van der Waals surface area contributed by atoms with Gasteiger partial charge in [-0.05, 0) is 41.5 Å². The SMILES string of the molecule is CC(C)(C)N1Cc2nn(C(C)(C)C)c(N)c2C1. The molecule has 0 bridgehead atoms. The molecule has 0 atom stereocenters. The van der Waals surface area contributed by atoms with Crippen LogP contribution in [0, 0.1) is 0 Å². The molecule has 17 heavy (non-hydrogen) atoms. The topological polar surface area (TPSA) is 47.1 Å². The summed E-state index contributed by atoms with van der Waals surface area (Å²) in [5.41, 5.74) is 8.72. The van der Waals surface area contributed by atoms with E-state index < -0.39 is 0 Å². The first-order valence-corrected chi connectivity index (χ1v) is 6.22. The molecule has 0 aromatic carbocycles. The quantitative estimate of drug-likeness (QED) is 0.752. The molecule has 0 radical (unpaired) electrons. The summed E-state index contributed by atoms with van der Waals surface area (Å²) in [7, 11) is 0. The fourth-order valence-electron chi connectivity index (χ4n) is 2.22. The van der Waals surface area contributed by atoms with Crippen LogP contribution in [-0.4, -0.2) is 20.2 Å². The molecule has 2 heterocycles. The Morgan fingerprint density at radius 3 is 2.00 bits per heavy atom. The average molecular weight is 236 g/mol. The van der Waals surface area contributed by atoms with E-state index in [9.17, 15) is 0 Å². The van der Waals surface area contributed by atoms with Crippen molar-refractivity contribution in [2.24, 2.45) is 0 Å². The van der Waals surface area contributed by atoms with Crippen LogP contribution >= 0.6 is 0 Å². The van der Waals surface area contributed by atoms with Gasteiger partial charge in [0.05, 0.1) is 11.2 Å². The highest BCUT2D eigenvalue weighted by atomic mass is 15.4. The highest BCUT2D eigenvalue weighted by molar-refractivity contribution is 5.46. The number of nitrogen functional groups attached to an aromatic ring is 1. The van der Waals surface area contributed by atoms with Gasteiger partial charge >= 0.3 is 0 Å². The van der Waals surface area contributed by atoms with Crippen molar-refractivity contribution in [2.75, 3.05) is 5.73 Å². The Morgan fingerprint density at radius 1 is 1.00 bits per heavy atom. The summed E-state index contributed by atoms with van der Waals surface area (Å²) >= 11 is 0. The van der Waals surface area contributed by atoms with Crippen molar-refractivity contribution in [3.63, 3.8) is 0 Å². The normalized spacial score (nSPS) is 17.5. The van der Waals surface area contributed by atoms with Gasteiger partial charge in [0.25, 0.3) is 0 Å². The van der Waals surface area contributed by atoms with Crippen LogP contribution in [0.5, 0.6) is 0 Å². The fraction of sp³-hybridized carbons (Fsp3) is 0.769. The molecular weight excluding hydrogens is 212 g/mol. The lowest BCUT2D eigenvalue weighted by atomic mass is 10.1. The average Bonchev–Trinajstić information content (AvgIpc) is 2.63. The largest absolute Gasteiger partial charge is 0.384 e. The fourth-order valence-corrected chi connectivity index (χ4v) is 2.22. The van der Waals surface area contributed by atoms with Crippen LogP contribution in [0.15, 0.2) is 0 Å². The highest BCUT2D eigenvalue weighted by Crippen LogP contribution is 2.34. The highest BCUT2D eigenvalue weighted by Gasteiger charge is 2.34. The van der Waals surface area contributed by atoms with Crippen molar-refractivity contribution in [2.45, 2.75) is 65.7 Å². The predicted molar refractivity (Wildman–Crippen MR) is 70.6 cm³/mol. The van der Waals surface area contributed by atoms with E-state index in [1.54, 1.807) is 0 Å². The first-order valence-electron chi connectivity index (χ1n) is 6.22. The van der Waals surface area contributed by atoms with Crippen molar-refractivity contribution < 1.29 is 0 Å². The maximum absolute atomic E-state index is 6.22. The van der Waals surface area contributed by atoms with Crippen molar-refractivity contribution in [3.8, 4) is 0 Å². The minimum atomic E-state index is -0.0407. The van der Waals surface area contributed by atoms with Gasteiger partial charge in [0.1, 0.15) is 5.82 Å². The molecule has 1 aliphatic rings. The molecule has 1 aromatic rings. The van der Waals surface area contributed by atoms with Gasteiger partial charge in [-0.2, -0.15) is 5.10 Å². The summed E-state index contributed by atoms with van der Waals surface area (Å²) in [6, 6.07) is 0. The Hall–Kier alpha value is -1.03. The van der Waals surface area contributed by atoms with E-state index in [1.165, 1.54) is 5.56 Å². The molecule has 0 spiro atoms. The van der Waals surface area contributed by atoms with Crippen LogP contribution in [0.2, 0.25) is 0 Å². The number of rotatable bonds is 0. The lowest BCUT2D eigenvalue weighted by molar-refractivity contribution is 0.133. The molecule has 2 rings (SSSR count). The Bertz CT molecular complexity index is 431. The Kier molecular flexibility index (Phi) is 2.54. The van der Waals surface area contributed by atoms with E-state index in [0.29, 0.717) is 0 Å². The third-order valence-electron chi connectivity index (χ3n) is 3.38. The molecule has 2 N–H and O–H groups in total. The van der Waals surface area contributed by atoms with Crippen molar-refractivity contribution >= 4 is 5.82 Å². The summed E-state index contributed by atoms with van der Waals surface area (Å²) in [6.45, 7) is 14.9. The summed E-state index contributed by atoms with van der Waals surface area (Å²) < 4.78 is 1.96. The maximum atomic E-state index is 6.22. The zero-order chi connectivity index (χ0) is 13.0. The van der Waals surface area contributed by atoms with Crippen LogP contribution in [0.3, 0.4) is 0 Å². The van der Waals surface area contributed by atoms with Crippen LogP contribution < -0.4 is 5.73 Å². The molecule has 4 nitrogen and oxygen atoms in total. The lowest BCUT2D eigenvalue weighted by Gasteiger charge is -2.31. The summed E-state index contributed by atoms with van der Waals surface area (Å²) in [5, 5.41) is 4.68. The zero-order valence-electron chi connectivity index (χ0n) is 11.8. The third kappa shape index (κ3) is 2.06. The predicted octanol–water partition coefficient (Wildman–Crippen LogP) is 2.33. The Labute approximate surface area is 104 Å². The van der Waals surface area contributed by atoms with E-state index in [2.05, 4.69) is 51.5 Å². The molecule has 0 unspecified atom stereocenters. The number of hydrogen-bond donors (Lipinski definition) is 1. The first-order chi connectivity index (χ1) is 7.60. The summed E-state index contributed by atoms with van der Waals surface area (Å²) in [4.78, 5) is 2.41. The van der Waals surface area contributed by atoms with Crippen LogP contribution in [0.25, 0.3) is 0 Å². The second-order valence-electron chi connectivity index (χ2n) is 6.92. The zero-order valence-corrected chi connectivity index (χ0v) is 11.8. The van der Waals surface area contributed by atoms with Crippen LogP contribution in [-0.2, 0) is 18.6 Å². The molecule has 0 aliphatic carbocycles. The van der Waals surface area contributed by atoms with Crippen molar-refractivity contribution in [1.82, 2.24) is 14.7 Å². The second-order valence-corrected chi connectivity index (χ2v) is 6.92. The maximum Gasteiger partial charge on any atom is 0.127 e. The van der Waals surface area contributed by atoms with Gasteiger partial charge in [-0.15, -0.1) is 0 Å². The van der Waals surface area contributed by atoms with Gasteiger partial charge in [-0.25, -0.2) is 4.68 Å². The number of aromatic nitrogens is 2. The van der Waals surface area contributed by atoms with E-state index in [0.717, 1.165) is 24.6 Å². The molecule has 0 amide bonds. The Morgan fingerprint density at radius 2 is 1.59 bits per heavy atom. The van der Waals surface area contributed by atoms with E-state index >= 15 is 0 Å². The van der Waals surface area contributed by atoms with Gasteiger partial charge in [-0.1, -0.05) is 0 Å². The number of hydrogen-bond acceptors (Lipinski definition) is 3. The van der Waals surface area contributed by atoms with Crippen molar-refractivity contribution in [3.05, 3.63) is 11.3 Å². The smallest absolute Gasteiger partial charge is 0.127 e. The van der Waals surface area contributed by atoms with E-state index in [4.69, 9.17) is 5.73 Å². The first kappa shape index (κ1) is 12.4. The number of nitrogens with two attached hydrogens (primary N) is 1. The van der Waals surface area contributed by atoms with Gasteiger partial charge in [0.15, 0.2) is 0 Å². The van der Waals surface area contributed by atoms with Gasteiger partial charge < -0.3 is 5.73 Å². The lowest BCUT2D eigenvalue weighted by Crippen LogP contribution is -2.37. The number of fused-ring (bicyclic) bond motifs is 1. The number of nitrogens with zero attached hydrogens (tertiary/aromatic N) is 3. The molecule has 1 aliphatic heterocycles. The molecule has 0 saturated carbocycles. The van der Waals surface area contributed by atoms with Gasteiger partial charge in [0.2, 0.25) is 0 Å². The number of anilines is 1. The molecule has 96 valence electrons. The minimum Gasteiger partial charge on any atom is -0.384 e. The third-order valence-corrected chi connectivity index (χ3v) is 3.38. The summed E-state index contributed by atoms with van der Waals surface area (Å²) in [5.74, 6) is 0.833. The molecule has 1 aromatic heterocycles. The summed E-state index contributed by atoms with van der Waals surface area (Å²) in [6.07, 6.45) is 0. The van der Waals surface area contributed by atoms with Crippen LogP contribution in [0.4, 0.5) is 5.82 Å². The molecule has 4 heteroatoms. The Balaban J connectivity index is 2.33. The van der Waals surface area contributed by atoms with Crippen molar-refractivity contribution in [1.29, 1.82) is 0 Å². The van der Waals surface area contributed by atoms with Gasteiger partial charge in [0, 0.05) is 24.2 Å². The van der Waals surface area contributed by atoms with Crippen LogP contribution in [0.1, 0.15) is 52.8 Å². The van der Waals surface area contributed by atoms with E-state index in [1.807, 2.05) is 4.68 Å². The molecular formula is C13H24N4. The molecule has 0 saturated heterocycles. The van der Waals surface area contributed by atoms with E-state index in [-0.39, 0.29) is 11.1 Å².